The lowest BCUT2D eigenvalue weighted by Crippen LogP contribution is -2.49. The lowest BCUT2D eigenvalue weighted by molar-refractivity contribution is -0.145. The molecule has 1 aromatic carbocycles. The topological polar surface area (TPSA) is 128 Å². The van der Waals surface area contributed by atoms with E-state index in [4.69, 9.17) is 14.6 Å². The van der Waals surface area contributed by atoms with Gasteiger partial charge in [-0.1, -0.05) is 36.4 Å². The van der Waals surface area contributed by atoms with Crippen molar-refractivity contribution in [3.8, 4) is 0 Å². The van der Waals surface area contributed by atoms with Crippen molar-refractivity contribution in [2.75, 3.05) is 19.8 Å². The monoisotopic (exact) mass is 355 g/mol. The minimum atomic E-state index is -1.45. The average Bonchev–Trinajstić information content (AvgIpc) is 2.59. The Balaban J connectivity index is 2.46. The third kappa shape index (κ3) is 8.73. The lowest BCUT2D eigenvalue weighted by atomic mass is 10.1. The van der Waals surface area contributed by atoms with Crippen molar-refractivity contribution in [2.24, 2.45) is 0 Å². The van der Waals surface area contributed by atoms with E-state index in [1.54, 1.807) is 24.3 Å². The molecule has 0 heterocycles. The number of hydrogen-bond donors (Lipinski definition) is 5. The summed E-state index contributed by atoms with van der Waals surface area (Å²) in [6.45, 7) is 3.21. The fraction of sp³-hybridized carbons (Fsp3) is 0.471. The summed E-state index contributed by atoms with van der Waals surface area (Å²) in [5, 5.41) is 41.1. The summed E-state index contributed by atoms with van der Waals surface area (Å²) in [6, 6.07) is 7.88. The minimum Gasteiger partial charge on any atom is -0.481 e. The van der Waals surface area contributed by atoms with Crippen LogP contribution < -0.4 is 5.32 Å². The summed E-state index contributed by atoms with van der Waals surface area (Å²) in [4.78, 5) is 10.9. The Bertz CT molecular complexity index is 511. The van der Waals surface area contributed by atoms with Gasteiger partial charge in [0, 0.05) is 0 Å². The van der Waals surface area contributed by atoms with Gasteiger partial charge in [0.2, 0.25) is 6.41 Å². The summed E-state index contributed by atoms with van der Waals surface area (Å²) in [5.74, 6) is -1.16. The van der Waals surface area contributed by atoms with Gasteiger partial charge in [-0.2, -0.15) is 0 Å². The highest BCUT2D eigenvalue weighted by Crippen LogP contribution is 2.12. The molecule has 0 bridgehead atoms. The van der Waals surface area contributed by atoms with Crippen LogP contribution in [-0.2, 0) is 14.3 Å². The Labute approximate surface area is 146 Å². The van der Waals surface area contributed by atoms with E-state index in [1.165, 1.54) is 6.08 Å². The quantitative estimate of drug-likeness (QED) is 0.247. The number of hydrogen-bond acceptors (Lipinski definition) is 7. The maximum Gasteiger partial charge on any atom is 0.305 e. The van der Waals surface area contributed by atoms with Gasteiger partial charge in [0.05, 0.1) is 38.4 Å². The summed E-state index contributed by atoms with van der Waals surface area (Å²) >= 11 is 0. The Kier molecular flexibility index (Phi) is 9.93. The van der Waals surface area contributed by atoms with E-state index in [1.807, 2.05) is 6.07 Å². The molecule has 0 aromatic heterocycles. The standard InChI is InChI=1S/C17H25NO7/c1-2-8-25-17(23)18-13(9-16(21)22)15(20)11-24-10-14(19)12-6-4-3-5-7-12/h2-7,13-15,17-20,23H,1,8-11H2,(H,21,22)/t13-,14?,15?,17?/m0/s1. The normalized spacial score (nSPS) is 16.0. The van der Waals surface area contributed by atoms with E-state index in [0.717, 1.165) is 0 Å². The van der Waals surface area contributed by atoms with Gasteiger partial charge in [-0.15, -0.1) is 6.58 Å². The molecule has 140 valence electrons. The van der Waals surface area contributed by atoms with Crippen molar-refractivity contribution >= 4 is 5.97 Å². The van der Waals surface area contributed by atoms with Crippen LogP contribution in [0.1, 0.15) is 18.1 Å². The predicted molar refractivity (Wildman–Crippen MR) is 89.6 cm³/mol. The zero-order valence-corrected chi connectivity index (χ0v) is 13.8. The second-order valence-electron chi connectivity index (χ2n) is 5.38. The van der Waals surface area contributed by atoms with Crippen LogP contribution in [0.15, 0.2) is 43.0 Å². The van der Waals surface area contributed by atoms with Gasteiger partial charge in [-0.3, -0.25) is 10.1 Å². The molecule has 8 heteroatoms. The van der Waals surface area contributed by atoms with Gasteiger partial charge in [0.1, 0.15) is 6.10 Å². The first-order valence-corrected chi connectivity index (χ1v) is 7.81. The number of benzene rings is 1. The maximum atomic E-state index is 10.9. The predicted octanol–water partition coefficient (Wildman–Crippen LogP) is 0.00890. The molecule has 0 radical (unpaired) electrons. The molecule has 1 rings (SSSR count). The second kappa shape index (κ2) is 11.7. The molecule has 5 N–H and O–H groups in total. The third-order valence-corrected chi connectivity index (χ3v) is 3.34. The highest BCUT2D eigenvalue weighted by atomic mass is 16.6. The van der Waals surface area contributed by atoms with Crippen LogP contribution in [0.2, 0.25) is 0 Å². The molecule has 0 aliphatic rings. The molecule has 0 fully saturated rings. The van der Waals surface area contributed by atoms with E-state index < -0.39 is 37.1 Å². The van der Waals surface area contributed by atoms with Crippen LogP contribution in [0.4, 0.5) is 0 Å². The number of ether oxygens (including phenoxy) is 2. The Morgan fingerprint density at radius 2 is 1.88 bits per heavy atom. The number of aliphatic hydroxyl groups excluding tert-OH is 3. The fourth-order valence-corrected chi connectivity index (χ4v) is 2.07. The molecule has 0 spiro atoms. The molecule has 25 heavy (non-hydrogen) atoms. The van der Waals surface area contributed by atoms with Crippen molar-refractivity contribution < 1.29 is 34.7 Å². The third-order valence-electron chi connectivity index (χ3n) is 3.34. The van der Waals surface area contributed by atoms with Gasteiger partial charge in [-0.05, 0) is 5.56 Å². The van der Waals surface area contributed by atoms with Crippen LogP contribution in [0.25, 0.3) is 0 Å². The van der Waals surface area contributed by atoms with Crippen molar-refractivity contribution in [1.29, 1.82) is 0 Å². The first-order valence-electron chi connectivity index (χ1n) is 7.81. The van der Waals surface area contributed by atoms with E-state index in [9.17, 15) is 20.1 Å². The minimum absolute atomic E-state index is 0.0591. The van der Waals surface area contributed by atoms with Crippen molar-refractivity contribution in [2.45, 2.75) is 31.1 Å². The molecule has 0 aliphatic heterocycles. The van der Waals surface area contributed by atoms with Crippen LogP contribution in [0, 0.1) is 0 Å². The van der Waals surface area contributed by atoms with Gasteiger partial charge in [-0.25, -0.2) is 0 Å². The van der Waals surface area contributed by atoms with Crippen molar-refractivity contribution in [3.63, 3.8) is 0 Å². The number of carboxylic acids is 1. The summed E-state index contributed by atoms with van der Waals surface area (Å²) in [6.07, 6.45) is -2.56. The molecule has 0 aliphatic carbocycles. The SMILES string of the molecule is C=CCOC(O)N[C@@H](CC(=O)O)C(O)COCC(O)c1ccccc1. The van der Waals surface area contributed by atoms with E-state index in [0.29, 0.717) is 5.56 Å². The number of rotatable bonds is 13. The van der Waals surface area contributed by atoms with Gasteiger partial charge in [0.15, 0.2) is 0 Å². The van der Waals surface area contributed by atoms with Crippen LogP contribution in [-0.4, -0.2) is 64.8 Å². The highest BCUT2D eigenvalue weighted by Gasteiger charge is 2.25. The average molecular weight is 355 g/mol. The first kappa shape index (κ1) is 21.2. The van der Waals surface area contributed by atoms with Gasteiger partial charge >= 0.3 is 5.97 Å². The number of carboxylic acid groups (broad SMARTS) is 1. The summed E-state index contributed by atoms with van der Waals surface area (Å²) in [5.41, 5.74) is 0.672. The number of nitrogens with one attached hydrogen (secondary N) is 1. The van der Waals surface area contributed by atoms with Crippen molar-refractivity contribution in [1.82, 2.24) is 5.32 Å². The number of carbonyl (C=O) groups is 1. The fourth-order valence-electron chi connectivity index (χ4n) is 2.07. The molecule has 4 atom stereocenters. The molecular weight excluding hydrogens is 330 g/mol. The largest absolute Gasteiger partial charge is 0.481 e. The Morgan fingerprint density at radius 1 is 1.20 bits per heavy atom. The molecule has 0 saturated heterocycles. The van der Waals surface area contributed by atoms with Crippen LogP contribution in [0.5, 0.6) is 0 Å². The first-order chi connectivity index (χ1) is 11.9. The number of aliphatic carboxylic acids is 1. The van der Waals surface area contributed by atoms with E-state index >= 15 is 0 Å². The summed E-state index contributed by atoms with van der Waals surface area (Å²) in [7, 11) is 0. The molecule has 0 amide bonds. The van der Waals surface area contributed by atoms with E-state index in [-0.39, 0.29) is 19.8 Å². The van der Waals surface area contributed by atoms with Gasteiger partial charge in [0.25, 0.3) is 0 Å². The second-order valence-corrected chi connectivity index (χ2v) is 5.38. The Hall–Kier alpha value is -1.81. The molecule has 3 unspecified atom stereocenters. The smallest absolute Gasteiger partial charge is 0.305 e. The summed E-state index contributed by atoms with van der Waals surface area (Å²) < 4.78 is 10.2. The zero-order valence-electron chi connectivity index (χ0n) is 13.8. The zero-order chi connectivity index (χ0) is 18.7. The van der Waals surface area contributed by atoms with E-state index in [2.05, 4.69) is 11.9 Å². The molecule has 1 aromatic rings. The molecule has 8 nitrogen and oxygen atoms in total. The van der Waals surface area contributed by atoms with Crippen LogP contribution in [0.3, 0.4) is 0 Å². The lowest BCUT2D eigenvalue weighted by Gasteiger charge is -2.25. The molecule has 0 saturated carbocycles. The van der Waals surface area contributed by atoms with Crippen molar-refractivity contribution in [3.05, 3.63) is 48.6 Å². The number of aliphatic hydroxyl groups is 3. The van der Waals surface area contributed by atoms with Gasteiger partial charge < -0.3 is 29.9 Å². The maximum absolute atomic E-state index is 10.9. The molecular formula is C17H25NO7. The Morgan fingerprint density at radius 3 is 2.48 bits per heavy atom. The highest BCUT2D eigenvalue weighted by molar-refractivity contribution is 5.67. The van der Waals surface area contributed by atoms with Crippen LogP contribution >= 0.6 is 0 Å².